The molecule has 0 bridgehead atoms. The third kappa shape index (κ3) is 3.13. The topological polar surface area (TPSA) is 43.8 Å². The van der Waals surface area contributed by atoms with Crippen molar-refractivity contribution in [3.05, 3.63) is 51.3 Å². The molecule has 4 heteroatoms. The van der Waals surface area contributed by atoms with E-state index in [1.165, 1.54) is 16.8 Å². The van der Waals surface area contributed by atoms with Crippen molar-refractivity contribution in [2.24, 2.45) is 5.73 Å². The Labute approximate surface area is 129 Å². The largest absolute Gasteiger partial charge is 0.324 e. The Hall–Kier alpha value is -1.13. The second kappa shape index (κ2) is 6.55. The number of nitrogens with zero attached hydrogens (tertiary/aromatic N) is 2. The van der Waals surface area contributed by atoms with Gasteiger partial charge in [-0.1, -0.05) is 31.2 Å². The highest BCUT2D eigenvalue weighted by Crippen LogP contribution is 2.25. The van der Waals surface area contributed by atoms with Gasteiger partial charge in [-0.05, 0) is 47.3 Å². The summed E-state index contributed by atoms with van der Waals surface area (Å²) in [5, 5.41) is 4.52. The minimum absolute atomic E-state index is 0.00129. The lowest BCUT2D eigenvalue weighted by molar-refractivity contribution is 0.586. The predicted octanol–water partition coefficient (Wildman–Crippen LogP) is 3.78. The van der Waals surface area contributed by atoms with Gasteiger partial charge in [-0.25, -0.2) is 0 Å². The molecule has 0 spiro atoms. The Morgan fingerprint density at radius 3 is 2.45 bits per heavy atom. The number of aromatic nitrogens is 2. The van der Waals surface area contributed by atoms with Crippen LogP contribution in [0.4, 0.5) is 0 Å². The van der Waals surface area contributed by atoms with Crippen LogP contribution in [0.25, 0.3) is 0 Å². The van der Waals surface area contributed by atoms with Gasteiger partial charge in [0.2, 0.25) is 0 Å². The first-order chi connectivity index (χ1) is 9.56. The monoisotopic (exact) mass is 335 g/mol. The van der Waals surface area contributed by atoms with Crippen molar-refractivity contribution in [1.82, 2.24) is 9.78 Å². The van der Waals surface area contributed by atoms with Crippen LogP contribution in [0, 0.1) is 6.92 Å². The van der Waals surface area contributed by atoms with Crippen molar-refractivity contribution < 1.29 is 0 Å². The lowest BCUT2D eigenvalue weighted by atomic mass is 10.0. The quantitative estimate of drug-likeness (QED) is 0.903. The van der Waals surface area contributed by atoms with E-state index in [0.29, 0.717) is 0 Å². The molecule has 2 N–H and O–H groups in total. The van der Waals surface area contributed by atoms with E-state index in [2.05, 4.69) is 59.1 Å². The Morgan fingerprint density at radius 2 is 1.90 bits per heavy atom. The second-order valence-electron chi connectivity index (χ2n) is 5.07. The van der Waals surface area contributed by atoms with E-state index in [9.17, 15) is 0 Å². The minimum Gasteiger partial charge on any atom is -0.324 e. The van der Waals surface area contributed by atoms with E-state index in [4.69, 9.17) is 5.73 Å². The fourth-order valence-electron chi connectivity index (χ4n) is 2.39. The number of rotatable bonds is 5. The molecule has 1 aromatic carbocycles. The highest BCUT2D eigenvalue weighted by molar-refractivity contribution is 9.10. The fraction of sp³-hybridized carbons (Fsp3) is 0.438. The molecule has 3 nitrogen and oxygen atoms in total. The van der Waals surface area contributed by atoms with Crippen molar-refractivity contribution in [3.8, 4) is 0 Å². The average molecular weight is 336 g/mol. The van der Waals surface area contributed by atoms with E-state index in [-0.39, 0.29) is 6.04 Å². The first kappa shape index (κ1) is 15.3. The van der Waals surface area contributed by atoms with Gasteiger partial charge in [0.25, 0.3) is 0 Å². The fourth-order valence-corrected chi connectivity index (χ4v) is 2.84. The summed E-state index contributed by atoms with van der Waals surface area (Å²) in [6, 6.07) is 8.59. The summed E-state index contributed by atoms with van der Waals surface area (Å²) < 4.78 is 3.11. The van der Waals surface area contributed by atoms with Gasteiger partial charge in [0.05, 0.1) is 15.9 Å². The van der Waals surface area contributed by atoms with E-state index < -0.39 is 0 Å². The molecular weight excluding hydrogens is 314 g/mol. The zero-order valence-corrected chi connectivity index (χ0v) is 13.9. The molecule has 1 heterocycles. The van der Waals surface area contributed by atoms with Crippen LogP contribution in [-0.4, -0.2) is 9.78 Å². The number of hydrogen-bond donors (Lipinski definition) is 1. The van der Waals surface area contributed by atoms with Crippen LogP contribution in [0.1, 0.15) is 42.4 Å². The first-order valence-corrected chi connectivity index (χ1v) is 7.92. The zero-order valence-electron chi connectivity index (χ0n) is 12.4. The third-order valence-corrected chi connectivity index (χ3v) is 4.71. The van der Waals surface area contributed by atoms with Crippen LogP contribution >= 0.6 is 15.9 Å². The molecule has 0 fully saturated rings. The van der Waals surface area contributed by atoms with Crippen molar-refractivity contribution in [1.29, 1.82) is 0 Å². The molecule has 1 unspecified atom stereocenters. The van der Waals surface area contributed by atoms with Crippen molar-refractivity contribution >= 4 is 15.9 Å². The molecular formula is C16H22BrN3. The molecule has 0 amide bonds. The summed E-state index contributed by atoms with van der Waals surface area (Å²) in [7, 11) is 0. The number of halogens is 1. The molecule has 1 atom stereocenters. The molecule has 20 heavy (non-hydrogen) atoms. The highest BCUT2D eigenvalue weighted by Gasteiger charge is 2.16. The van der Waals surface area contributed by atoms with Crippen LogP contribution in [0.5, 0.6) is 0 Å². The van der Waals surface area contributed by atoms with Crippen molar-refractivity contribution in [2.45, 2.75) is 46.2 Å². The minimum atomic E-state index is -0.00129. The van der Waals surface area contributed by atoms with Gasteiger partial charge in [-0.2, -0.15) is 5.10 Å². The number of aryl methyl sites for hydroxylation is 3. The maximum atomic E-state index is 6.36. The number of benzene rings is 1. The van der Waals surface area contributed by atoms with Crippen LogP contribution in [-0.2, 0) is 19.4 Å². The van der Waals surface area contributed by atoms with E-state index in [0.717, 1.165) is 29.6 Å². The molecule has 0 aliphatic rings. The summed E-state index contributed by atoms with van der Waals surface area (Å²) >= 11 is 3.63. The molecule has 0 saturated heterocycles. The summed E-state index contributed by atoms with van der Waals surface area (Å²) in [6.45, 7) is 7.14. The molecule has 1 aromatic heterocycles. The summed E-state index contributed by atoms with van der Waals surface area (Å²) in [5.74, 6) is 0. The average Bonchev–Trinajstić information content (AvgIpc) is 2.75. The predicted molar refractivity (Wildman–Crippen MR) is 86.8 cm³/mol. The van der Waals surface area contributed by atoms with Crippen molar-refractivity contribution in [3.63, 3.8) is 0 Å². The van der Waals surface area contributed by atoms with Gasteiger partial charge in [0.1, 0.15) is 0 Å². The van der Waals surface area contributed by atoms with Gasteiger partial charge >= 0.3 is 0 Å². The van der Waals surface area contributed by atoms with Crippen LogP contribution in [0.15, 0.2) is 28.7 Å². The number of hydrogen-bond acceptors (Lipinski definition) is 2. The van der Waals surface area contributed by atoms with Crippen molar-refractivity contribution in [2.75, 3.05) is 0 Å². The molecule has 0 aliphatic carbocycles. The Kier molecular flexibility index (Phi) is 5.00. The normalized spacial score (nSPS) is 12.7. The molecule has 2 aromatic rings. The smallest absolute Gasteiger partial charge is 0.0738 e. The SMILES string of the molecule is CCc1ccc(C(N)Cc2c(Br)c(C)nn2CC)cc1. The lowest BCUT2D eigenvalue weighted by Crippen LogP contribution is -2.16. The zero-order chi connectivity index (χ0) is 14.7. The van der Waals surface area contributed by atoms with E-state index >= 15 is 0 Å². The van der Waals surface area contributed by atoms with Gasteiger partial charge in [0, 0.05) is 19.0 Å². The van der Waals surface area contributed by atoms with Crippen LogP contribution < -0.4 is 5.73 Å². The number of nitrogens with two attached hydrogens (primary N) is 1. The molecule has 0 saturated carbocycles. The van der Waals surface area contributed by atoms with E-state index in [1.54, 1.807) is 0 Å². The molecule has 108 valence electrons. The van der Waals surface area contributed by atoms with Crippen LogP contribution in [0.3, 0.4) is 0 Å². The third-order valence-electron chi connectivity index (χ3n) is 3.68. The first-order valence-electron chi connectivity index (χ1n) is 7.13. The van der Waals surface area contributed by atoms with E-state index in [1.807, 2.05) is 11.6 Å². The Morgan fingerprint density at radius 1 is 1.25 bits per heavy atom. The standard InChI is InChI=1S/C16H22BrN3/c1-4-12-6-8-13(9-7-12)14(18)10-15-16(17)11(3)19-20(15)5-2/h6-9,14H,4-5,10,18H2,1-3H3. The maximum Gasteiger partial charge on any atom is 0.0738 e. The second-order valence-corrected chi connectivity index (χ2v) is 5.86. The Balaban J connectivity index is 2.20. The highest BCUT2D eigenvalue weighted by atomic mass is 79.9. The van der Waals surface area contributed by atoms with Crippen LogP contribution in [0.2, 0.25) is 0 Å². The van der Waals surface area contributed by atoms with Gasteiger partial charge < -0.3 is 5.73 Å². The van der Waals surface area contributed by atoms with Gasteiger partial charge in [0.15, 0.2) is 0 Å². The van der Waals surface area contributed by atoms with Gasteiger partial charge in [-0.15, -0.1) is 0 Å². The maximum absolute atomic E-state index is 6.36. The molecule has 2 rings (SSSR count). The lowest BCUT2D eigenvalue weighted by Gasteiger charge is -2.14. The molecule has 0 aliphatic heterocycles. The molecule has 0 radical (unpaired) electrons. The Bertz CT molecular complexity index is 572. The summed E-state index contributed by atoms with van der Waals surface area (Å²) in [5.41, 5.74) is 11.1. The summed E-state index contributed by atoms with van der Waals surface area (Å²) in [4.78, 5) is 0. The van der Waals surface area contributed by atoms with Gasteiger partial charge in [-0.3, -0.25) is 4.68 Å². The summed E-state index contributed by atoms with van der Waals surface area (Å²) in [6.07, 6.45) is 1.85.